The maximum Gasteiger partial charge on any atom is 0.257 e. The molecule has 0 spiro atoms. The Morgan fingerprint density at radius 3 is 2.53 bits per heavy atom. The van der Waals surface area contributed by atoms with Gasteiger partial charge in [-0.1, -0.05) is 6.07 Å². The zero-order valence-corrected chi connectivity index (χ0v) is 16.0. The van der Waals surface area contributed by atoms with Gasteiger partial charge >= 0.3 is 0 Å². The number of nitrogens with zero attached hydrogens (tertiary/aromatic N) is 2. The first kappa shape index (κ1) is 18.6. The van der Waals surface area contributed by atoms with Gasteiger partial charge in [-0.15, -0.1) is 0 Å². The van der Waals surface area contributed by atoms with Crippen molar-refractivity contribution >= 4 is 23.4 Å². The quantitative estimate of drug-likeness (QED) is 0.709. The molecule has 1 aliphatic carbocycles. The fourth-order valence-electron chi connectivity index (χ4n) is 3.86. The normalized spacial score (nSPS) is 20.0. The van der Waals surface area contributed by atoms with E-state index < -0.39 is 23.7 Å². The molecular weight excluding hydrogens is 391 g/mol. The Hall–Kier alpha value is -3.42. The summed E-state index contributed by atoms with van der Waals surface area (Å²) in [4.78, 5) is 41.3. The van der Waals surface area contributed by atoms with Gasteiger partial charge in [0.25, 0.3) is 5.91 Å². The second-order valence-electron chi connectivity index (χ2n) is 7.69. The fraction of sp³-hybridized carbons (Fsp3) is 0.318. The smallest absolute Gasteiger partial charge is 0.257 e. The summed E-state index contributed by atoms with van der Waals surface area (Å²) in [7, 11) is 0. The molecule has 30 heavy (non-hydrogen) atoms. The van der Waals surface area contributed by atoms with Gasteiger partial charge in [-0.2, -0.15) is 0 Å². The van der Waals surface area contributed by atoms with E-state index in [-0.39, 0.29) is 31.6 Å². The lowest BCUT2D eigenvalue weighted by molar-refractivity contribution is -0.140. The number of benzene rings is 2. The van der Waals surface area contributed by atoms with E-state index in [1.165, 1.54) is 29.2 Å². The molecule has 0 aromatic heterocycles. The fourth-order valence-corrected chi connectivity index (χ4v) is 3.86. The van der Waals surface area contributed by atoms with Gasteiger partial charge in [0, 0.05) is 12.5 Å². The summed E-state index contributed by atoms with van der Waals surface area (Å²) >= 11 is 0. The summed E-state index contributed by atoms with van der Waals surface area (Å²) in [6.07, 6.45) is 1.47. The number of rotatable bonds is 5. The highest BCUT2D eigenvalue weighted by molar-refractivity contribution is 6.23. The van der Waals surface area contributed by atoms with Crippen molar-refractivity contribution in [2.75, 3.05) is 11.7 Å². The minimum absolute atomic E-state index is 0.0980. The van der Waals surface area contributed by atoms with Crippen molar-refractivity contribution in [1.82, 2.24) is 4.90 Å². The number of ether oxygens (including phenoxy) is 2. The van der Waals surface area contributed by atoms with Crippen LogP contribution in [-0.4, -0.2) is 35.5 Å². The first-order valence-corrected chi connectivity index (χ1v) is 9.82. The number of fused-ring (bicyclic) bond motifs is 1. The van der Waals surface area contributed by atoms with Crippen LogP contribution in [0.15, 0.2) is 42.5 Å². The van der Waals surface area contributed by atoms with Gasteiger partial charge in [0.15, 0.2) is 11.5 Å². The molecule has 7 nitrogen and oxygen atoms in total. The van der Waals surface area contributed by atoms with E-state index >= 15 is 0 Å². The van der Waals surface area contributed by atoms with Gasteiger partial charge in [0.1, 0.15) is 11.9 Å². The average molecular weight is 410 g/mol. The molecule has 1 saturated carbocycles. The third-order valence-corrected chi connectivity index (χ3v) is 5.58. The topological polar surface area (TPSA) is 76.1 Å². The number of amides is 3. The number of hydrogen-bond donors (Lipinski definition) is 0. The van der Waals surface area contributed by atoms with E-state index in [2.05, 4.69) is 0 Å². The van der Waals surface area contributed by atoms with Crippen LogP contribution in [-0.2, 0) is 20.9 Å². The molecular formula is C22H19FN2O5. The number of hydrogen-bond acceptors (Lipinski definition) is 5. The van der Waals surface area contributed by atoms with Crippen molar-refractivity contribution in [3.8, 4) is 11.5 Å². The molecule has 3 amide bonds. The highest BCUT2D eigenvalue weighted by Crippen LogP contribution is 2.37. The van der Waals surface area contributed by atoms with Crippen LogP contribution < -0.4 is 14.4 Å². The van der Waals surface area contributed by atoms with E-state index in [0.717, 1.165) is 23.3 Å². The molecule has 1 saturated heterocycles. The number of carbonyl (C=O) groups is 3. The predicted molar refractivity (Wildman–Crippen MR) is 103 cm³/mol. The predicted octanol–water partition coefficient (Wildman–Crippen LogP) is 2.63. The Morgan fingerprint density at radius 1 is 1.07 bits per heavy atom. The molecule has 8 heteroatoms. The Balaban J connectivity index is 1.43. The van der Waals surface area contributed by atoms with E-state index in [1.807, 2.05) is 6.07 Å². The summed E-state index contributed by atoms with van der Waals surface area (Å²) in [5.41, 5.74) is 1.09. The van der Waals surface area contributed by atoms with Gasteiger partial charge in [0.2, 0.25) is 18.6 Å². The molecule has 2 aromatic rings. The third kappa shape index (κ3) is 3.28. The highest BCUT2D eigenvalue weighted by Gasteiger charge is 2.46. The molecule has 0 bridgehead atoms. The lowest BCUT2D eigenvalue weighted by Gasteiger charge is -2.28. The highest BCUT2D eigenvalue weighted by atomic mass is 19.1. The van der Waals surface area contributed by atoms with E-state index in [9.17, 15) is 18.8 Å². The molecule has 3 aliphatic rings. The van der Waals surface area contributed by atoms with Crippen LogP contribution in [0.5, 0.6) is 11.5 Å². The van der Waals surface area contributed by atoms with Crippen LogP contribution in [0.1, 0.15) is 24.8 Å². The Morgan fingerprint density at radius 2 is 1.80 bits per heavy atom. The molecule has 2 fully saturated rings. The molecule has 0 radical (unpaired) electrons. The molecule has 5 rings (SSSR count). The maximum atomic E-state index is 13.3. The number of anilines is 1. The van der Waals surface area contributed by atoms with Gasteiger partial charge < -0.3 is 14.4 Å². The van der Waals surface area contributed by atoms with Crippen molar-refractivity contribution in [2.45, 2.75) is 31.8 Å². The lowest BCUT2D eigenvalue weighted by Crippen LogP contribution is -2.45. The van der Waals surface area contributed by atoms with Crippen molar-refractivity contribution in [3.63, 3.8) is 0 Å². The second-order valence-corrected chi connectivity index (χ2v) is 7.69. The summed E-state index contributed by atoms with van der Waals surface area (Å²) in [6, 6.07) is 9.65. The molecule has 0 N–H and O–H groups in total. The average Bonchev–Trinajstić information content (AvgIpc) is 3.41. The van der Waals surface area contributed by atoms with Crippen molar-refractivity contribution in [3.05, 3.63) is 53.8 Å². The molecule has 2 heterocycles. The van der Waals surface area contributed by atoms with Crippen molar-refractivity contribution in [1.29, 1.82) is 0 Å². The zero-order chi connectivity index (χ0) is 20.8. The summed E-state index contributed by atoms with van der Waals surface area (Å²) in [5, 5.41) is 0. The van der Waals surface area contributed by atoms with Crippen LogP contribution in [0, 0.1) is 11.7 Å². The molecule has 1 unspecified atom stereocenters. The Kier molecular flexibility index (Phi) is 4.42. The molecule has 154 valence electrons. The van der Waals surface area contributed by atoms with Gasteiger partial charge in [-0.05, 0) is 54.8 Å². The van der Waals surface area contributed by atoms with Gasteiger partial charge in [0.05, 0.1) is 12.1 Å². The number of halogens is 1. The summed E-state index contributed by atoms with van der Waals surface area (Å²) < 4.78 is 24.0. The van der Waals surface area contributed by atoms with E-state index in [1.54, 1.807) is 12.1 Å². The monoisotopic (exact) mass is 410 g/mol. The minimum Gasteiger partial charge on any atom is -0.454 e. The van der Waals surface area contributed by atoms with Crippen LogP contribution in [0.4, 0.5) is 10.1 Å². The largest absolute Gasteiger partial charge is 0.454 e. The second kappa shape index (κ2) is 7.12. The SMILES string of the molecule is O=C1CC(N(Cc2ccc3c(c2)OCO3)C(=O)C2CC2)C(=O)N1c1ccc(F)cc1. The standard InChI is InChI=1S/C22H19FN2O5/c23-15-4-6-16(7-5-15)25-20(26)10-17(22(25)28)24(21(27)14-2-3-14)11-13-1-8-18-19(9-13)30-12-29-18/h1,4-9,14,17H,2-3,10-12H2. The van der Waals surface area contributed by atoms with E-state index in [0.29, 0.717) is 17.2 Å². The third-order valence-electron chi connectivity index (χ3n) is 5.58. The first-order chi connectivity index (χ1) is 14.5. The summed E-state index contributed by atoms with van der Waals surface area (Å²) in [5.74, 6) is -0.344. The number of carbonyl (C=O) groups excluding carboxylic acids is 3. The van der Waals surface area contributed by atoms with Crippen LogP contribution in [0.25, 0.3) is 0 Å². The number of imide groups is 1. The molecule has 2 aromatic carbocycles. The van der Waals surface area contributed by atoms with Crippen molar-refractivity contribution < 1.29 is 28.2 Å². The van der Waals surface area contributed by atoms with Crippen LogP contribution >= 0.6 is 0 Å². The van der Waals surface area contributed by atoms with E-state index in [4.69, 9.17) is 9.47 Å². The molecule has 1 atom stereocenters. The first-order valence-electron chi connectivity index (χ1n) is 9.82. The van der Waals surface area contributed by atoms with Gasteiger partial charge in [-0.3, -0.25) is 14.4 Å². The van der Waals surface area contributed by atoms with Crippen molar-refractivity contribution in [2.24, 2.45) is 5.92 Å². The van der Waals surface area contributed by atoms with Crippen LogP contribution in [0.2, 0.25) is 0 Å². The Bertz CT molecular complexity index is 1030. The van der Waals surface area contributed by atoms with Crippen LogP contribution in [0.3, 0.4) is 0 Å². The summed E-state index contributed by atoms with van der Waals surface area (Å²) in [6.45, 7) is 0.332. The molecule has 2 aliphatic heterocycles. The maximum absolute atomic E-state index is 13.3. The minimum atomic E-state index is -0.888. The van der Waals surface area contributed by atoms with Gasteiger partial charge in [-0.25, -0.2) is 9.29 Å². The zero-order valence-electron chi connectivity index (χ0n) is 16.0. The lowest BCUT2D eigenvalue weighted by atomic mass is 10.1. The Labute approximate surface area is 172 Å².